The van der Waals surface area contributed by atoms with Crippen molar-refractivity contribution in [2.24, 2.45) is 0 Å². The van der Waals surface area contributed by atoms with Crippen molar-refractivity contribution < 1.29 is 14.3 Å². The van der Waals surface area contributed by atoms with Crippen molar-refractivity contribution in [1.82, 2.24) is 10.9 Å². The van der Waals surface area contributed by atoms with Crippen molar-refractivity contribution in [3.8, 4) is 5.75 Å². The Kier molecular flexibility index (Phi) is 5.36. The van der Waals surface area contributed by atoms with Crippen LogP contribution in [0.3, 0.4) is 0 Å². The number of aryl methyl sites for hydroxylation is 2. The maximum absolute atomic E-state index is 11.9. The molecule has 0 aliphatic heterocycles. The molecule has 23 heavy (non-hydrogen) atoms. The van der Waals surface area contributed by atoms with Crippen LogP contribution in [0.5, 0.6) is 5.75 Å². The Bertz CT molecular complexity index is 709. The third kappa shape index (κ3) is 4.57. The van der Waals surface area contributed by atoms with Crippen LogP contribution in [0.2, 0.25) is 0 Å². The van der Waals surface area contributed by atoms with E-state index in [-0.39, 0.29) is 12.5 Å². The fourth-order valence-corrected chi connectivity index (χ4v) is 1.96. The van der Waals surface area contributed by atoms with Gasteiger partial charge in [-0.05, 0) is 50.1 Å². The van der Waals surface area contributed by atoms with Crippen LogP contribution in [-0.2, 0) is 4.79 Å². The lowest BCUT2D eigenvalue weighted by Crippen LogP contribution is -2.43. The van der Waals surface area contributed by atoms with Gasteiger partial charge in [0, 0.05) is 5.56 Å². The summed E-state index contributed by atoms with van der Waals surface area (Å²) in [5, 5.41) is 0. The summed E-state index contributed by atoms with van der Waals surface area (Å²) in [5.41, 5.74) is 8.32. The monoisotopic (exact) mass is 312 g/mol. The Balaban J connectivity index is 1.82. The van der Waals surface area contributed by atoms with Crippen LogP contribution in [0.1, 0.15) is 27.0 Å². The minimum Gasteiger partial charge on any atom is -0.483 e. The van der Waals surface area contributed by atoms with E-state index in [1.165, 1.54) is 0 Å². The first-order chi connectivity index (χ1) is 11.0. The zero-order chi connectivity index (χ0) is 16.8. The highest BCUT2D eigenvalue weighted by molar-refractivity contribution is 5.95. The van der Waals surface area contributed by atoms with Gasteiger partial charge in [-0.3, -0.25) is 20.4 Å². The molecule has 120 valence electrons. The first-order valence-corrected chi connectivity index (χ1v) is 7.32. The highest BCUT2D eigenvalue weighted by atomic mass is 16.5. The summed E-state index contributed by atoms with van der Waals surface area (Å²) in [5.74, 6) is -0.138. The minimum absolute atomic E-state index is 0.168. The standard InChI is InChI=1S/C18H20N2O3/c1-12-7-9-15(10-8-12)18(22)20-19-17(21)11-23-16-6-4-5-13(2)14(16)3/h4-10H,11H2,1-3H3,(H,19,21)(H,20,22). The van der Waals surface area contributed by atoms with Gasteiger partial charge in [0.25, 0.3) is 11.8 Å². The van der Waals surface area contributed by atoms with Gasteiger partial charge in [-0.2, -0.15) is 0 Å². The fraction of sp³-hybridized carbons (Fsp3) is 0.222. The van der Waals surface area contributed by atoms with Crippen LogP contribution >= 0.6 is 0 Å². The molecule has 0 bridgehead atoms. The molecule has 5 nitrogen and oxygen atoms in total. The molecule has 0 saturated heterocycles. The molecule has 0 spiro atoms. The lowest BCUT2D eigenvalue weighted by molar-refractivity contribution is -0.123. The van der Waals surface area contributed by atoms with Crippen molar-refractivity contribution in [1.29, 1.82) is 0 Å². The van der Waals surface area contributed by atoms with E-state index in [1.807, 2.05) is 45.0 Å². The maximum atomic E-state index is 11.9. The Morgan fingerprint density at radius 2 is 1.65 bits per heavy atom. The summed E-state index contributed by atoms with van der Waals surface area (Å²) in [7, 11) is 0. The third-order valence-electron chi connectivity index (χ3n) is 3.54. The molecule has 0 saturated carbocycles. The number of carbonyl (C=O) groups excluding carboxylic acids is 2. The molecule has 0 aliphatic carbocycles. The molecule has 0 fully saturated rings. The summed E-state index contributed by atoms with van der Waals surface area (Å²) < 4.78 is 5.47. The second-order valence-corrected chi connectivity index (χ2v) is 5.36. The van der Waals surface area contributed by atoms with Crippen LogP contribution in [-0.4, -0.2) is 18.4 Å². The molecule has 2 rings (SSSR count). The van der Waals surface area contributed by atoms with Crippen LogP contribution in [0.25, 0.3) is 0 Å². The number of carbonyl (C=O) groups is 2. The van der Waals surface area contributed by atoms with Crippen molar-refractivity contribution >= 4 is 11.8 Å². The molecule has 0 aromatic heterocycles. The average Bonchev–Trinajstić information content (AvgIpc) is 2.54. The number of amides is 2. The zero-order valence-corrected chi connectivity index (χ0v) is 13.5. The first-order valence-electron chi connectivity index (χ1n) is 7.32. The first kappa shape index (κ1) is 16.5. The highest BCUT2D eigenvalue weighted by Gasteiger charge is 2.09. The second-order valence-electron chi connectivity index (χ2n) is 5.36. The number of hydrogen-bond donors (Lipinski definition) is 2. The minimum atomic E-state index is -0.425. The number of rotatable bonds is 4. The number of hydrazine groups is 1. The van der Waals surface area contributed by atoms with E-state index in [4.69, 9.17) is 4.74 Å². The lowest BCUT2D eigenvalue weighted by atomic mass is 10.1. The fourth-order valence-electron chi connectivity index (χ4n) is 1.96. The summed E-state index contributed by atoms with van der Waals surface area (Å²) >= 11 is 0. The summed E-state index contributed by atoms with van der Waals surface area (Å²) in [6.45, 7) is 5.68. The Labute approximate surface area is 135 Å². The normalized spacial score (nSPS) is 10.0. The quantitative estimate of drug-likeness (QED) is 0.852. The van der Waals surface area contributed by atoms with Gasteiger partial charge in [0.2, 0.25) is 0 Å². The van der Waals surface area contributed by atoms with E-state index in [0.717, 1.165) is 16.7 Å². The van der Waals surface area contributed by atoms with Gasteiger partial charge in [-0.1, -0.05) is 29.8 Å². The topological polar surface area (TPSA) is 67.4 Å². The largest absolute Gasteiger partial charge is 0.483 e. The molecule has 0 atom stereocenters. The third-order valence-corrected chi connectivity index (χ3v) is 3.54. The van der Waals surface area contributed by atoms with Gasteiger partial charge < -0.3 is 4.74 Å². The zero-order valence-electron chi connectivity index (χ0n) is 13.5. The molecule has 0 unspecified atom stereocenters. The van der Waals surface area contributed by atoms with E-state index in [1.54, 1.807) is 18.2 Å². The van der Waals surface area contributed by atoms with Crippen LogP contribution in [0.15, 0.2) is 42.5 Å². The van der Waals surface area contributed by atoms with Crippen molar-refractivity contribution in [3.63, 3.8) is 0 Å². The summed E-state index contributed by atoms with van der Waals surface area (Å²) in [6, 6.07) is 12.7. The molecule has 2 amide bonds. The number of nitrogens with one attached hydrogen (secondary N) is 2. The van der Waals surface area contributed by atoms with Gasteiger partial charge in [0.15, 0.2) is 6.61 Å². The van der Waals surface area contributed by atoms with Crippen LogP contribution in [0, 0.1) is 20.8 Å². The maximum Gasteiger partial charge on any atom is 0.276 e. The molecular formula is C18H20N2O3. The highest BCUT2D eigenvalue weighted by Crippen LogP contribution is 2.20. The van der Waals surface area contributed by atoms with Crippen LogP contribution in [0.4, 0.5) is 0 Å². The summed E-state index contributed by atoms with van der Waals surface area (Å²) in [6.07, 6.45) is 0. The van der Waals surface area contributed by atoms with Gasteiger partial charge >= 0.3 is 0 Å². The average molecular weight is 312 g/mol. The van der Waals surface area contributed by atoms with Gasteiger partial charge in [-0.15, -0.1) is 0 Å². The Morgan fingerprint density at radius 1 is 0.957 bits per heavy atom. The molecule has 2 aromatic carbocycles. The van der Waals surface area contributed by atoms with Gasteiger partial charge in [-0.25, -0.2) is 0 Å². The molecule has 0 aliphatic rings. The predicted octanol–water partition coefficient (Wildman–Crippen LogP) is 2.45. The smallest absolute Gasteiger partial charge is 0.276 e. The Hall–Kier alpha value is -2.82. The number of benzene rings is 2. The second kappa shape index (κ2) is 7.45. The van der Waals surface area contributed by atoms with E-state index in [2.05, 4.69) is 10.9 Å². The number of ether oxygens (including phenoxy) is 1. The van der Waals surface area contributed by atoms with E-state index in [9.17, 15) is 9.59 Å². The van der Waals surface area contributed by atoms with Crippen LogP contribution < -0.4 is 15.6 Å². The predicted molar refractivity (Wildman–Crippen MR) is 88.2 cm³/mol. The van der Waals surface area contributed by atoms with Crippen molar-refractivity contribution in [2.75, 3.05) is 6.61 Å². The number of hydrogen-bond acceptors (Lipinski definition) is 3. The molecule has 0 radical (unpaired) electrons. The van der Waals surface area contributed by atoms with Crippen molar-refractivity contribution in [3.05, 3.63) is 64.7 Å². The van der Waals surface area contributed by atoms with E-state index < -0.39 is 5.91 Å². The van der Waals surface area contributed by atoms with Crippen molar-refractivity contribution in [2.45, 2.75) is 20.8 Å². The van der Waals surface area contributed by atoms with Gasteiger partial charge in [0.1, 0.15) is 5.75 Å². The molecule has 0 heterocycles. The molecular weight excluding hydrogens is 292 g/mol. The molecule has 2 aromatic rings. The molecule has 2 N–H and O–H groups in total. The van der Waals surface area contributed by atoms with E-state index >= 15 is 0 Å². The summed E-state index contributed by atoms with van der Waals surface area (Å²) in [4.78, 5) is 23.6. The molecule has 5 heteroatoms. The Morgan fingerprint density at radius 3 is 2.35 bits per heavy atom. The van der Waals surface area contributed by atoms with Gasteiger partial charge in [0.05, 0.1) is 0 Å². The lowest BCUT2D eigenvalue weighted by Gasteiger charge is -2.11. The SMILES string of the molecule is Cc1ccc(C(=O)NNC(=O)COc2cccc(C)c2C)cc1. The van der Waals surface area contributed by atoms with E-state index in [0.29, 0.717) is 11.3 Å².